The average Bonchev–Trinajstić information content (AvgIpc) is 2.88. The van der Waals surface area contributed by atoms with Crippen LogP contribution < -0.4 is 20.3 Å². The van der Waals surface area contributed by atoms with E-state index in [4.69, 9.17) is 21.1 Å². The van der Waals surface area contributed by atoms with Gasteiger partial charge in [-0.15, -0.1) is 6.58 Å². The fourth-order valence-corrected chi connectivity index (χ4v) is 3.51. The number of rotatable bonds is 11. The minimum Gasteiger partial charge on any atom is -0.484 e. The van der Waals surface area contributed by atoms with Crippen LogP contribution in [-0.4, -0.2) is 73.5 Å². The molecular weight excluding hydrogens is 479 g/mol. The Morgan fingerprint density at radius 3 is 2.80 bits per heavy atom. The molecule has 1 saturated heterocycles. The number of anilines is 1. The number of nitrogens with one attached hydrogen (secondary N) is 2. The zero-order chi connectivity index (χ0) is 25.2. The number of ether oxygens (including phenoxy) is 2. The standard InChI is InChI=1S/C24H28ClFN4O5/c1-2-16(29-24(33)22-12-17(5-6-27-22)30-7-9-34-10-8-30)11-18(31)14-28-23(32)15-35-19-3-4-20(25)21(26)13-19/h2-6,12-13,16,18,31H,1,7-11,14-15H2,(H,28,32)(H,29,33). The third-order valence-corrected chi connectivity index (χ3v) is 5.58. The number of hydrogen-bond donors (Lipinski definition) is 3. The van der Waals surface area contributed by atoms with Crippen molar-refractivity contribution >= 4 is 29.1 Å². The monoisotopic (exact) mass is 506 g/mol. The second-order valence-electron chi connectivity index (χ2n) is 7.87. The molecule has 188 valence electrons. The predicted molar refractivity (Wildman–Crippen MR) is 129 cm³/mol. The Bertz CT molecular complexity index is 1030. The zero-order valence-electron chi connectivity index (χ0n) is 19.1. The molecule has 1 aliphatic rings. The molecule has 1 fully saturated rings. The Hall–Kier alpha value is -3.21. The lowest BCUT2D eigenvalue weighted by molar-refractivity contribution is -0.123. The summed E-state index contributed by atoms with van der Waals surface area (Å²) >= 11 is 5.61. The maximum atomic E-state index is 13.4. The topological polar surface area (TPSA) is 113 Å². The average molecular weight is 507 g/mol. The molecule has 2 atom stereocenters. The Morgan fingerprint density at radius 1 is 1.31 bits per heavy atom. The van der Waals surface area contributed by atoms with Crippen molar-refractivity contribution in [3.63, 3.8) is 0 Å². The second kappa shape index (κ2) is 13.0. The molecule has 1 aromatic heterocycles. The van der Waals surface area contributed by atoms with Crippen LogP contribution >= 0.6 is 11.6 Å². The molecule has 2 aromatic rings. The smallest absolute Gasteiger partial charge is 0.270 e. The lowest BCUT2D eigenvalue weighted by atomic mass is 10.1. The molecule has 3 N–H and O–H groups in total. The summed E-state index contributed by atoms with van der Waals surface area (Å²) in [7, 11) is 0. The molecule has 2 heterocycles. The van der Waals surface area contributed by atoms with Gasteiger partial charge in [0.05, 0.1) is 24.3 Å². The SMILES string of the molecule is C=CC(CC(O)CNC(=O)COc1ccc(Cl)c(F)c1)NC(=O)c1cc(N2CCOCC2)ccn1. The van der Waals surface area contributed by atoms with Gasteiger partial charge in [-0.3, -0.25) is 14.6 Å². The number of carbonyl (C=O) groups excluding carboxylic acids is 2. The summed E-state index contributed by atoms with van der Waals surface area (Å²) in [5.41, 5.74) is 1.13. The van der Waals surface area contributed by atoms with Crippen molar-refractivity contribution in [1.82, 2.24) is 15.6 Å². The predicted octanol–water partition coefficient (Wildman–Crippen LogP) is 1.94. The van der Waals surface area contributed by atoms with Crippen molar-refractivity contribution in [1.29, 1.82) is 0 Å². The van der Waals surface area contributed by atoms with Gasteiger partial charge in [0.25, 0.3) is 11.8 Å². The first-order chi connectivity index (χ1) is 16.9. The van der Waals surface area contributed by atoms with E-state index in [1.54, 1.807) is 12.3 Å². The summed E-state index contributed by atoms with van der Waals surface area (Å²) in [4.78, 5) is 30.9. The number of morpholine rings is 1. The van der Waals surface area contributed by atoms with E-state index < -0.39 is 29.8 Å². The molecule has 0 radical (unpaired) electrons. The van der Waals surface area contributed by atoms with E-state index in [1.807, 2.05) is 6.07 Å². The number of aliphatic hydroxyl groups excluding tert-OH is 1. The summed E-state index contributed by atoms with van der Waals surface area (Å²) in [6, 6.07) is 6.85. The molecule has 35 heavy (non-hydrogen) atoms. The number of aliphatic hydroxyl groups is 1. The number of hydrogen-bond acceptors (Lipinski definition) is 7. The Kier molecular flexibility index (Phi) is 9.83. The molecule has 11 heteroatoms. The third kappa shape index (κ3) is 8.20. The fraction of sp³-hybridized carbons (Fsp3) is 0.375. The molecule has 3 rings (SSSR count). The molecule has 0 bridgehead atoms. The normalized spacial score (nSPS) is 15.1. The van der Waals surface area contributed by atoms with Gasteiger partial charge >= 0.3 is 0 Å². The van der Waals surface area contributed by atoms with Gasteiger partial charge in [0.15, 0.2) is 6.61 Å². The number of halogens is 2. The highest BCUT2D eigenvalue weighted by Crippen LogP contribution is 2.20. The lowest BCUT2D eigenvalue weighted by Crippen LogP contribution is -2.41. The quantitative estimate of drug-likeness (QED) is 0.399. The number of aromatic nitrogens is 1. The van der Waals surface area contributed by atoms with Crippen LogP contribution in [0.3, 0.4) is 0 Å². The number of carbonyl (C=O) groups is 2. The van der Waals surface area contributed by atoms with Crippen LogP contribution in [0.5, 0.6) is 5.75 Å². The van der Waals surface area contributed by atoms with Crippen molar-refractivity contribution in [3.8, 4) is 5.75 Å². The number of benzene rings is 1. The van der Waals surface area contributed by atoms with E-state index >= 15 is 0 Å². The highest BCUT2D eigenvalue weighted by atomic mass is 35.5. The highest BCUT2D eigenvalue weighted by molar-refractivity contribution is 6.30. The van der Waals surface area contributed by atoms with Crippen molar-refractivity contribution < 1.29 is 28.6 Å². The summed E-state index contributed by atoms with van der Waals surface area (Å²) in [5, 5.41) is 15.6. The van der Waals surface area contributed by atoms with Gasteiger partial charge in [-0.2, -0.15) is 0 Å². The Balaban J connectivity index is 1.43. The van der Waals surface area contributed by atoms with Crippen LogP contribution in [0, 0.1) is 5.82 Å². The molecule has 2 unspecified atom stereocenters. The van der Waals surface area contributed by atoms with E-state index in [-0.39, 0.29) is 36.0 Å². The first kappa shape index (κ1) is 26.4. The summed E-state index contributed by atoms with van der Waals surface area (Å²) in [6.07, 6.45) is 2.26. The van der Waals surface area contributed by atoms with Crippen LogP contribution in [0.25, 0.3) is 0 Å². The Morgan fingerprint density at radius 2 is 2.09 bits per heavy atom. The number of pyridine rings is 1. The van der Waals surface area contributed by atoms with Gasteiger partial charge < -0.3 is 30.1 Å². The van der Waals surface area contributed by atoms with Crippen molar-refractivity contribution in [2.45, 2.75) is 18.6 Å². The molecule has 0 spiro atoms. The van der Waals surface area contributed by atoms with E-state index in [0.29, 0.717) is 13.2 Å². The Labute approximate surface area is 207 Å². The van der Waals surface area contributed by atoms with E-state index in [0.717, 1.165) is 24.8 Å². The zero-order valence-corrected chi connectivity index (χ0v) is 19.8. The molecule has 0 aliphatic carbocycles. The number of amides is 2. The van der Waals surface area contributed by atoms with Crippen LogP contribution in [0.15, 0.2) is 49.2 Å². The van der Waals surface area contributed by atoms with Gasteiger partial charge in [0.1, 0.15) is 17.3 Å². The fourth-order valence-electron chi connectivity index (χ4n) is 3.39. The van der Waals surface area contributed by atoms with Gasteiger partial charge in [-0.1, -0.05) is 17.7 Å². The van der Waals surface area contributed by atoms with E-state index in [9.17, 15) is 19.1 Å². The third-order valence-electron chi connectivity index (χ3n) is 5.28. The summed E-state index contributed by atoms with van der Waals surface area (Å²) in [5.74, 6) is -1.39. The maximum absolute atomic E-state index is 13.4. The van der Waals surface area contributed by atoms with E-state index in [1.165, 1.54) is 18.2 Å². The first-order valence-electron chi connectivity index (χ1n) is 11.1. The molecule has 0 saturated carbocycles. The van der Waals surface area contributed by atoms with Gasteiger partial charge in [-0.25, -0.2) is 4.39 Å². The minimum absolute atomic E-state index is 0.0469. The highest BCUT2D eigenvalue weighted by Gasteiger charge is 2.19. The van der Waals surface area contributed by atoms with Crippen LogP contribution in [0.2, 0.25) is 5.02 Å². The molecule has 1 aliphatic heterocycles. The van der Waals surface area contributed by atoms with Crippen molar-refractivity contribution in [3.05, 3.63) is 65.7 Å². The van der Waals surface area contributed by atoms with Crippen LogP contribution in [-0.2, 0) is 9.53 Å². The largest absolute Gasteiger partial charge is 0.484 e. The molecule has 1 aromatic carbocycles. The summed E-state index contributed by atoms with van der Waals surface area (Å²) in [6.45, 7) is 6.01. The summed E-state index contributed by atoms with van der Waals surface area (Å²) < 4.78 is 24.0. The second-order valence-corrected chi connectivity index (χ2v) is 8.28. The van der Waals surface area contributed by atoms with Gasteiger partial charge in [0, 0.05) is 43.6 Å². The minimum atomic E-state index is -0.956. The van der Waals surface area contributed by atoms with E-state index in [2.05, 4.69) is 27.1 Å². The van der Waals surface area contributed by atoms with Crippen LogP contribution in [0.4, 0.5) is 10.1 Å². The van der Waals surface area contributed by atoms with Gasteiger partial charge in [-0.05, 0) is 30.7 Å². The molecule has 2 amide bonds. The maximum Gasteiger partial charge on any atom is 0.270 e. The first-order valence-corrected chi connectivity index (χ1v) is 11.5. The number of nitrogens with zero attached hydrogens (tertiary/aromatic N) is 2. The van der Waals surface area contributed by atoms with Gasteiger partial charge in [0.2, 0.25) is 0 Å². The molecular formula is C24H28ClFN4O5. The molecule has 9 nitrogen and oxygen atoms in total. The van der Waals surface area contributed by atoms with Crippen LogP contribution in [0.1, 0.15) is 16.9 Å². The lowest BCUT2D eigenvalue weighted by Gasteiger charge is -2.29. The van der Waals surface area contributed by atoms with Crippen molar-refractivity contribution in [2.24, 2.45) is 0 Å². The van der Waals surface area contributed by atoms with Crippen molar-refractivity contribution in [2.75, 3.05) is 44.4 Å².